The van der Waals surface area contributed by atoms with Crippen LogP contribution in [0.4, 0.5) is 0 Å². The Labute approximate surface area is 80.3 Å². The molecule has 0 saturated carbocycles. The number of thiophene rings is 1. The van der Waals surface area contributed by atoms with Gasteiger partial charge in [0, 0.05) is 12.2 Å². The van der Waals surface area contributed by atoms with Crippen LogP contribution in [0.25, 0.3) is 0 Å². The van der Waals surface area contributed by atoms with Gasteiger partial charge in [-0.2, -0.15) is 5.26 Å². The number of hydrogen-bond acceptors (Lipinski definition) is 3. The van der Waals surface area contributed by atoms with Crippen molar-refractivity contribution in [1.29, 1.82) is 5.26 Å². The molecule has 12 heavy (non-hydrogen) atoms. The molecule has 0 fully saturated rings. The van der Waals surface area contributed by atoms with Crippen LogP contribution in [0, 0.1) is 11.3 Å². The zero-order chi connectivity index (χ0) is 8.97. The van der Waals surface area contributed by atoms with E-state index in [2.05, 4.69) is 0 Å². The third kappa shape index (κ3) is 1.98. The number of nitriles is 1. The zero-order valence-corrected chi connectivity index (χ0v) is 8.15. The van der Waals surface area contributed by atoms with Gasteiger partial charge in [-0.15, -0.1) is 11.3 Å². The van der Waals surface area contributed by atoms with E-state index in [0.717, 1.165) is 5.56 Å². The highest BCUT2D eigenvalue weighted by molar-refractivity contribution is 7.14. The van der Waals surface area contributed by atoms with E-state index in [1.807, 2.05) is 24.4 Å². The Morgan fingerprint density at radius 2 is 2.58 bits per heavy atom. The maximum Gasteiger partial charge on any atom is 0.171 e. The van der Waals surface area contributed by atoms with Gasteiger partial charge in [0.05, 0.1) is 10.4 Å². The van der Waals surface area contributed by atoms with Gasteiger partial charge in [0.1, 0.15) is 0 Å². The van der Waals surface area contributed by atoms with Gasteiger partial charge >= 0.3 is 0 Å². The lowest BCUT2D eigenvalue weighted by molar-refractivity contribution is 0.102. The quantitative estimate of drug-likeness (QED) is 0.753. The number of rotatable bonds is 3. The van der Waals surface area contributed by atoms with Crippen molar-refractivity contribution >= 4 is 22.9 Å². The summed E-state index contributed by atoms with van der Waals surface area (Å²) in [4.78, 5) is 0. The molecule has 1 rings (SSSR count). The van der Waals surface area contributed by atoms with Crippen LogP contribution in [-0.2, 0) is 4.74 Å². The van der Waals surface area contributed by atoms with Crippen LogP contribution in [0.1, 0.15) is 18.6 Å². The minimum Gasteiger partial charge on any atom is -0.359 e. The van der Waals surface area contributed by atoms with E-state index in [0.29, 0.717) is 10.9 Å². The van der Waals surface area contributed by atoms with E-state index in [-0.39, 0.29) is 0 Å². The highest BCUT2D eigenvalue weighted by Crippen LogP contribution is 2.29. The van der Waals surface area contributed by atoms with Crippen molar-refractivity contribution in [3.05, 3.63) is 21.3 Å². The van der Waals surface area contributed by atoms with Crippen LogP contribution in [0.2, 0.25) is 4.34 Å². The smallest absolute Gasteiger partial charge is 0.171 e. The van der Waals surface area contributed by atoms with Crippen molar-refractivity contribution in [3.63, 3.8) is 0 Å². The molecule has 0 aromatic carbocycles. The second-order valence-electron chi connectivity index (χ2n) is 2.11. The summed E-state index contributed by atoms with van der Waals surface area (Å²) < 4.78 is 5.81. The summed E-state index contributed by atoms with van der Waals surface area (Å²) in [5.41, 5.74) is 0.769. The molecular formula is C8H8ClNOS. The first-order valence-electron chi connectivity index (χ1n) is 3.53. The molecule has 0 aliphatic heterocycles. The minimum atomic E-state index is -0.520. The third-order valence-electron chi connectivity index (χ3n) is 1.38. The second-order valence-corrected chi connectivity index (χ2v) is 3.63. The lowest BCUT2D eigenvalue weighted by Crippen LogP contribution is -2.00. The topological polar surface area (TPSA) is 33.0 Å². The second kappa shape index (κ2) is 4.46. The van der Waals surface area contributed by atoms with Crippen LogP contribution in [0.3, 0.4) is 0 Å². The zero-order valence-electron chi connectivity index (χ0n) is 6.58. The highest BCUT2D eigenvalue weighted by atomic mass is 35.5. The maximum atomic E-state index is 8.72. The molecule has 1 heterocycles. The molecule has 0 bridgehead atoms. The Hall–Kier alpha value is -0.560. The van der Waals surface area contributed by atoms with Gasteiger partial charge in [-0.3, -0.25) is 0 Å². The molecule has 4 heteroatoms. The van der Waals surface area contributed by atoms with Gasteiger partial charge < -0.3 is 4.74 Å². The largest absolute Gasteiger partial charge is 0.359 e. The Kier molecular flexibility index (Phi) is 3.54. The summed E-state index contributed by atoms with van der Waals surface area (Å²) in [7, 11) is 0. The molecular weight excluding hydrogens is 194 g/mol. The van der Waals surface area contributed by atoms with Crippen LogP contribution in [0.5, 0.6) is 0 Å². The monoisotopic (exact) mass is 201 g/mol. The summed E-state index contributed by atoms with van der Waals surface area (Å²) >= 11 is 7.24. The van der Waals surface area contributed by atoms with Crippen molar-refractivity contribution in [2.45, 2.75) is 13.0 Å². The Bertz CT molecular complexity index is 291. The predicted octanol–water partition coefficient (Wildman–Crippen LogP) is 3.00. The molecule has 0 amide bonds. The highest BCUT2D eigenvalue weighted by Gasteiger charge is 2.14. The molecule has 0 aliphatic carbocycles. The standard InChI is InChI=1S/C8H8ClNOS/c1-2-11-7(5-10)6-3-4-12-8(6)9/h3-4,7H,2H2,1H3. The van der Waals surface area contributed by atoms with Crippen LogP contribution in [-0.4, -0.2) is 6.61 Å². The first kappa shape index (κ1) is 9.53. The van der Waals surface area contributed by atoms with E-state index in [1.165, 1.54) is 11.3 Å². The predicted molar refractivity (Wildman–Crippen MR) is 49.3 cm³/mol. The number of nitrogens with zero attached hydrogens (tertiary/aromatic N) is 1. The molecule has 1 aromatic heterocycles. The number of hydrogen-bond donors (Lipinski definition) is 0. The van der Waals surface area contributed by atoms with E-state index in [9.17, 15) is 0 Å². The van der Waals surface area contributed by atoms with Gasteiger partial charge in [0.2, 0.25) is 0 Å². The molecule has 0 aliphatic rings. The summed E-state index contributed by atoms with van der Waals surface area (Å²) in [5, 5.41) is 10.6. The first-order valence-corrected chi connectivity index (χ1v) is 4.79. The number of ether oxygens (including phenoxy) is 1. The van der Waals surface area contributed by atoms with Crippen LogP contribution >= 0.6 is 22.9 Å². The van der Waals surface area contributed by atoms with E-state index < -0.39 is 6.10 Å². The van der Waals surface area contributed by atoms with Gasteiger partial charge in [0.15, 0.2) is 6.10 Å². The van der Waals surface area contributed by atoms with Crippen molar-refractivity contribution in [2.24, 2.45) is 0 Å². The van der Waals surface area contributed by atoms with E-state index in [1.54, 1.807) is 0 Å². The van der Waals surface area contributed by atoms with Gasteiger partial charge in [0.25, 0.3) is 0 Å². The Balaban J connectivity index is 2.81. The first-order chi connectivity index (χ1) is 5.79. The van der Waals surface area contributed by atoms with E-state index >= 15 is 0 Å². The van der Waals surface area contributed by atoms with Crippen LogP contribution < -0.4 is 0 Å². The summed E-state index contributed by atoms with van der Waals surface area (Å²) in [6.07, 6.45) is -0.520. The molecule has 1 unspecified atom stereocenters. The molecule has 1 atom stereocenters. The molecule has 64 valence electrons. The third-order valence-corrected chi connectivity index (χ3v) is 2.58. The average Bonchev–Trinajstić information content (AvgIpc) is 2.47. The average molecular weight is 202 g/mol. The molecule has 0 N–H and O–H groups in total. The van der Waals surface area contributed by atoms with Gasteiger partial charge in [-0.05, 0) is 18.4 Å². The van der Waals surface area contributed by atoms with Gasteiger partial charge in [-0.25, -0.2) is 0 Å². The van der Waals surface area contributed by atoms with Gasteiger partial charge in [-0.1, -0.05) is 11.6 Å². The molecule has 0 saturated heterocycles. The minimum absolute atomic E-state index is 0.518. The number of halogens is 1. The SMILES string of the molecule is CCOC(C#N)c1ccsc1Cl. The van der Waals surface area contributed by atoms with Crippen LogP contribution in [0.15, 0.2) is 11.4 Å². The lowest BCUT2D eigenvalue weighted by atomic mass is 10.2. The molecule has 0 spiro atoms. The fourth-order valence-corrected chi connectivity index (χ4v) is 1.82. The lowest BCUT2D eigenvalue weighted by Gasteiger charge is -2.06. The van der Waals surface area contributed by atoms with Crippen molar-refractivity contribution in [1.82, 2.24) is 0 Å². The molecule has 2 nitrogen and oxygen atoms in total. The fraction of sp³-hybridized carbons (Fsp3) is 0.375. The molecule has 0 radical (unpaired) electrons. The van der Waals surface area contributed by atoms with Crippen molar-refractivity contribution < 1.29 is 4.74 Å². The summed E-state index contributed by atoms with van der Waals surface area (Å²) in [6.45, 7) is 2.37. The summed E-state index contributed by atoms with van der Waals surface area (Å²) in [5.74, 6) is 0. The van der Waals surface area contributed by atoms with Crippen molar-refractivity contribution in [3.8, 4) is 6.07 Å². The fourth-order valence-electron chi connectivity index (χ4n) is 0.854. The van der Waals surface area contributed by atoms with Crippen molar-refractivity contribution in [2.75, 3.05) is 6.61 Å². The summed E-state index contributed by atoms with van der Waals surface area (Å²) in [6, 6.07) is 3.86. The molecule has 1 aromatic rings. The normalized spacial score (nSPS) is 12.4. The van der Waals surface area contributed by atoms with E-state index in [4.69, 9.17) is 21.6 Å². The Morgan fingerprint density at radius 3 is 3.00 bits per heavy atom. The Morgan fingerprint density at radius 1 is 1.83 bits per heavy atom. The maximum absolute atomic E-state index is 8.72.